The molecule has 1 fully saturated rings. The van der Waals surface area contributed by atoms with Crippen LogP contribution in [0.2, 0.25) is 0 Å². The molecule has 176 valence electrons. The third-order valence-corrected chi connectivity index (χ3v) is 6.95. The Kier molecular flexibility index (Phi) is 6.51. The van der Waals surface area contributed by atoms with Crippen LogP contribution in [0.4, 0.5) is 10.5 Å². The molecule has 33 heavy (non-hydrogen) atoms. The molecule has 4 rings (SSSR count). The van der Waals surface area contributed by atoms with Gasteiger partial charge in [0.15, 0.2) is 0 Å². The van der Waals surface area contributed by atoms with E-state index in [4.69, 9.17) is 4.74 Å². The van der Waals surface area contributed by atoms with Crippen LogP contribution in [-0.4, -0.2) is 36.1 Å². The maximum absolute atomic E-state index is 14.1. The molecule has 1 atom stereocenters. The fourth-order valence-corrected chi connectivity index (χ4v) is 5.36. The summed E-state index contributed by atoms with van der Waals surface area (Å²) >= 11 is 0. The van der Waals surface area contributed by atoms with E-state index in [0.29, 0.717) is 13.0 Å². The second-order valence-corrected chi connectivity index (χ2v) is 10.5. The first-order valence-electron chi connectivity index (χ1n) is 12.2. The van der Waals surface area contributed by atoms with Crippen molar-refractivity contribution in [2.45, 2.75) is 76.4 Å². The van der Waals surface area contributed by atoms with Crippen molar-refractivity contribution in [3.05, 3.63) is 65.7 Å². The first-order chi connectivity index (χ1) is 15.7. The number of benzene rings is 2. The van der Waals surface area contributed by atoms with E-state index in [0.717, 1.165) is 36.9 Å². The molecule has 2 aliphatic rings. The van der Waals surface area contributed by atoms with E-state index in [9.17, 15) is 9.59 Å². The van der Waals surface area contributed by atoms with Crippen molar-refractivity contribution in [2.24, 2.45) is 0 Å². The topological polar surface area (TPSA) is 49.9 Å². The van der Waals surface area contributed by atoms with Crippen LogP contribution in [0.3, 0.4) is 0 Å². The Balaban J connectivity index is 1.66. The van der Waals surface area contributed by atoms with Gasteiger partial charge in [-0.2, -0.15) is 0 Å². The summed E-state index contributed by atoms with van der Waals surface area (Å²) in [5, 5.41) is 0. The van der Waals surface area contributed by atoms with E-state index in [1.807, 2.05) is 49.9 Å². The molecule has 2 amide bonds. The summed E-state index contributed by atoms with van der Waals surface area (Å²) in [5.74, 6) is 0.220. The average molecular weight is 449 g/mol. The van der Waals surface area contributed by atoms with E-state index in [1.54, 1.807) is 11.9 Å². The molecule has 1 heterocycles. The number of carbonyl (C=O) groups excluding carboxylic acids is 2. The smallest absolute Gasteiger partial charge is 0.410 e. The summed E-state index contributed by atoms with van der Waals surface area (Å²) in [6.07, 6.45) is 5.50. The highest BCUT2D eigenvalue weighted by atomic mass is 16.6. The lowest BCUT2D eigenvalue weighted by atomic mass is 9.70. The van der Waals surface area contributed by atoms with Gasteiger partial charge in [0.1, 0.15) is 5.60 Å². The highest BCUT2D eigenvalue weighted by Gasteiger charge is 2.52. The molecule has 1 spiro atoms. The minimum absolute atomic E-state index is 0.147. The van der Waals surface area contributed by atoms with Crippen molar-refractivity contribution in [1.82, 2.24) is 4.90 Å². The summed E-state index contributed by atoms with van der Waals surface area (Å²) in [6, 6.07) is 18.4. The average Bonchev–Trinajstić information content (AvgIpc) is 3.02. The first-order valence-corrected chi connectivity index (χ1v) is 12.2. The zero-order chi connectivity index (χ0) is 23.6. The Hall–Kier alpha value is -2.82. The Morgan fingerprint density at radius 2 is 1.67 bits per heavy atom. The second-order valence-electron chi connectivity index (χ2n) is 10.5. The normalized spacial score (nSPS) is 18.2. The first kappa shape index (κ1) is 23.3. The summed E-state index contributed by atoms with van der Waals surface area (Å²) in [6.45, 7) is 6.10. The highest BCUT2D eigenvalue weighted by molar-refractivity contribution is 6.08. The monoisotopic (exact) mass is 448 g/mol. The van der Waals surface area contributed by atoms with Crippen LogP contribution < -0.4 is 4.90 Å². The van der Waals surface area contributed by atoms with Gasteiger partial charge in [0.2, 0.25) is 5.91 Å². The number of para-hydroxylation sites is 1. The predicted molar refractivity (Wildman–Crippen MR) is 131 cm³/mol. The van der Waals surface area contributed by atoms with Gasteiger partial charge in [-0.1, -0.05) is 67.8 Å². The van der Waals surface area contributed by atoms with Crippen molar-refractivity contribution in [1.29, 1.82) is 0 Å². The molecule has 0 saturated heterocycles. The maximum atomic E-state index is 14.1. The van der Waals surface area contributed by atoms with Crippen molar-refractivity contribution in [3.8, 4) is 0 Å². The van der Waals surface area contributed by atoms with Crippen LogP contribution in [-0.2, 0) is 14.9 Å². The number of amides is 2. The van der Waals surface area contributed by atoms with Crippen LogP contribution in [0.15, 0.2) is 54.6 Å². The third kappa shape index (κ3) is 4.64. The molecule has 0 aromatic heterocycles. The van der Waals surface area contributed by atoms with Crippen molar-refractivity contribution in [3.63, 3.8) is 0 Å². The number of hydrogen-bond acceptors (Lipinski definition) is 3. The minimum Gasteiger partial charge on any atom is -0.444 e. The molecule has 0 N–H and O–H groups in total. The summed E-state index contributed by atoms with van der Waals surface area (Å²) in [7, 11) is 1.76. The Bertz CT molecular complexity index is 990. The summed E-state index contributed by atoms with van der Waals surface area (Å²) in [4.78, 5) is 30.3. The fourth-order valence-electron chi connectivity index (χ4n) is 5.36. The molecule has 2 aromatic rings. The predicted octanol–water partition coefficient (Wildman–Crippen LogP) is 6.23. The quantitative estimate of drug-likeness (QED) is 0.544. The van der Waals surface area contributed by atoms with Gasteiger partial charge in [-0.3, -0.25) is 4.79 Å². The largest absolute Gasteiger partial charge is 0.444 e. The molecule has 1 saturated carbocycles. The molecule has 5 nitrogen and oxygen atoms in total. The number of nitrogens with zero attached hydrogens (tertiary/aromatic N) is 2. The SMILES string of the molecule is CN(CCC(c1ccccc1)N1C(=O)C2(CCCCC2)c2ccccc21)C(=O)OC(C)(C)C. The van der Waals surface area contributed by atoms with Gasteiger partial charge in [0, 0.05) is 19.3 Å². The van der Waals surface area contributed by atoms with Crippen molar-refractivity contribution < 1.29 is 14.3 Å². The molecule has 1 aliphatic heterocycles. The number of fused-ring (bicyclic) bond motifs is 2. The molecule has 5 heteroatoms. The van der Waals surface area contributed by atoms with Gasteiger partial charge in [-0.05, 0) is 57.2 Å². The van der Waals surface area contributed by atoms with Crippen LogP contribution >= 0.6 is 0 Å². The van der Waals surface area contributed by atoms with Gasteiger partial charge in [-0.25, -0.2) is 4.79 Å². The van der Waals surface area contributed by atoms with E-state index in [1.165, 1.54) is 12.0 Å². The molecule has 0 radical (unpaired) electrons. The molecule has 2 aromatic carbocycles. The number of anilines is 1. The van der Waals surface area contributed by atoms with Crippen LogP contribution in [0.25, 0.3) is 0 Å². The van der Waals surface area contributed by atoms with E-state index < -0.39 is 11.0 Å². The van der Waals surface area contributed by atoms with Gasteiger partial charge in [0.25, 0.3) is 0 Å². The maximum Gasteiger partial charge on any atom is 0.410 e. The number of hydrogen-bond donors (Lipinski definition) is 0. The van der Waals surface area contributed by atoms with E-state index in [-0.39, 0.29) is 18.0 Å². The van der Waals surface area contributed by atoms with Gasteiger partial charge in [-0.15, -0.1) is 0 Å². The van der Waals surface area contributed by atoms with Gasteiger partial charge >= 0.3 is 6.09 Å². The Labute approximate surface area is 197 Å². The van der Waals surface area contributed by atoms with Crippen LogP contribution in [0.5, 0.6) is 0 Å². The van der Waals surface area contributed by atoms with E-state index >= 15 is 0 Å². The van der Waals surface area contributed by atoms with Gasteiger partial charge < -0.3 is 14.5 Å². The molecule has 1 aliphatic carbocycles. The molecular weight excluding hydrogens is 412 g/mol. The minimum atomic E-state index is -0.540. The zero-order valence-corrected chi connectivity index (χ0v) is 20.3. The molecule has 0 bridgehead atoms. The highest BCUT2D eigenvalue weighted by Crippen LogP contribution is 2.52. The summed E-state index contributed by atoms with van der Waals surface area (Å²) < 4.78 is 5.54. The van der Waals surface area contributed by atoms with Crippen molar-refractivity contribution >= 4 is 17.7 Å². The standard InChI is InChI=1S/C28H36N2O3/c1-27(2,3)33-26(32)29(4)20-17-23(21-13-7-5-8-14-21)30-24-16-10-9-15-22(24)28(25(30)31)18-11-6-12-19-28/h5,7-10,13-16,23H,6,11-12,17-20H2,1-4H3. The Morgan fingerprint density at radius 1 is 1.03 bits per heavy atom. The number of rotatable bonds is 5. The summed E-state index contributed by atoms with van der Waals surface area (Å²) in [5.41, 5.74) is 2.35. The lowest BCUT2D eigenvalue weighted by Crippen LogP contribution is -2.44. The second kappa shape index (κ2) is 9.20. The zero-order valence-electron chi connectivity index (χ0n) is 20.3. The third-order valence-electron chi connectivity index (χ3n) is 6.95. The number of ether oxygens (including phenoxy) is 1. The van der Waals surface area contributed by atoms with Crippen LogP contribution in [0, 0.1) is 0 Å². The van der Waals surface area contributed by atoms with Crippen LogP contribution in [0.1, 0.15) is 76.5 Å². The Morgan fingerprint density at radius 3 is 2.33 bits per heavy atom. The molecular formula is C28H36N2O3. The molecule has 1 unspecified atom stereocenters. The lowest BCUT2D eigenvalue weighted by molar-refractivity contribution is -0.124. The van der Waals surface area contributed by atoms with Crippen molar-refractivity contribution in [2.75, 3.05) is 18.5 Å². The van der Waals surface area contributed by atoms with E-state index in [2.05, 4.69) is 30.3 Å². The number of carbonyl (C=O) groups is 2. The lowest BCUT2D eigenvalue weighted by Gasteiger charge is -2.35. The van der Waals surface area contributed by atoms with Gasteiger partial charge in [0.05, 0.1) is 11.5 Å². The fraction of sp³-hybridized carbons (Fsp3) is 0.500.